The molecular formula is C18H25N3O3. The molecule has 1 aromatic carbocycles. The van der Waals surface area contributed by atoms with Gasteiger partial charge in [0.2, 0.25) is 0 Å². The van der Waals surface area contributed by atoms with Crippen molar-refractivity contribution in [2.75, 3.05) is 18.9 Å². The Morgan fingerprint density at radius 1 is 1.25 bits per heavy atom. The molecule has 130 valence electrons. The van der Waals surface area contributed by atoms with Crippen LogP contribution in [0.25, 0.3) is 10.9 Å². The highest BCUT2D eigenvalue weighted by atomic mass is 16.4. The minimum Gasteiger partial charge on any atom is -0.481 e. The van der Waals surface area contributed by atoms with Gasteiger partial charge in [-0.15, -0.1) is 0 Å². The van der Waals surface area contributed by atoms with Crippen LogP contribution in [0.1, 0.15) is 20.8 Å². The van der Waals surface area contributed by atoms with Gasteiger partial charge in [0.25, 0.3) is 0 Å². The summed E-state index contributed by atoms with van der Waals surface area (Å²) in [7, 11) is 1.59. The Morgan fingerprint density at radius 2 is 1.96 bits per heavy atom. The minimum atomic E-state index is -0.914. The van der Waals surface area contributed by atoms with Gasteiger partial charge in [-0.25, -0.2) is 4.79 Å². The SMILES string of the molecule is CC(C)Cn1ccc2cc(NC(=O)N(C)CC(C)C(=O)O)ccc21. The first kappa shape index (κ1) is 17.8. The average molecular weight is 331 g/mol. The molecule has 2 N–H and O–H groups in total. The Labute approximate surface area is 142 Å². The lowest BCUT2D eigenvalue weighted by molar-refractivity contribution is -0.141. The van der Waals surface area contributed by atoms with Gasteiger partial charge in [0.15, 0.2) is 0 Å². The number of carbonyl (C=O) groups excluding carboxylic acids is 1. The number of rotatable bonds is 6. The van der Waals surface area contributed by atoms with Crippen molar-refractivity contribution in [3.05, 3.63) is 30.5 Å². The Balaban J connectivity index is 2.07. The number of aliphatic carboxylic acids is 1. The summed E-state index contributed by atoms with van der Waals surface area (Å²) in [6, 6.07) is 7.50. The van der Waals surface area contributed by atoms with Crippen molar-refractivity contribution in [1.29, 1.82) is 0 Å². The zero-order chi connectivity index (χ0) is 17.9. The molecule has 0 saturated carbocycles. The predicted molar refractivity (Wildman–Crippen MR) is 95.2 cm³/mol. The van der Waals surface area contributed by atoms with Gasteiger partial charge in [-0.05, 0) is 30.2 Å². The van der Waals surface area contributed by atoms with E-state index in [9.17, 15) is 9.59 Å². The third-order valence-electron chi connectivity index (χ3n) is 3.90. The highest BCUT2D eigenvalue weighted by Gasteiger charge is 2.17. The molecule has 0 aliphatic rings. The largest absolute Gasteiger partial charge is 0.481 e. The van der Waals surface area contributed by atoms with Crippen LogP contribution in [0.3, 0.4) is 0 Å². The standard InChI is InChI=1S/C18H25N3O3/c1-12(2)10-21-8-7-14-9-15(5-6-16(14)21)19-18(24)20(4)11-13(3)17(22)23/h5-9,12-13H,10-11H2,1-4H3,(H,19,24)(H,22,23). The molecule has 6 heteroatoms. The maximum Gasteiger partial charge on any atom is 0.321 e. The number of fused-ring (bicyclic) bond motifs is 1. The van der Waals surface area contributed by atoms with Crippen LogP contribution in [-0.2, 0) is 11.3 Å². The number of carbonyl (C=O) groups is 2. The van der Waals surface area contributed by atoms with E-state index >= 15 is 0 Å². The van der Waals surface area contributed by atoms with Gasteiger partial charge >= 0.3 is 12.0 Å². The molecule has 0 bridgehead atoms. The molecule has 1 atom stereocenters. The summed E-state index contributed by atoms with van der Waals surface area (Å²) < 4.78 is 2.20. The second-order valence-corrected chi connectivity index (χ2v) is 6.69. The monoisotopic (exact) mass is 331 g/mol. The van der Waals surface area contributed by atoms with Gasteiger partial charge in [-0.1, -0.05) is 20.8 Å². The number of nitrogens with one attached hydrogen (secondary N) is 1. The van der Waals surface area contributed by atoms with Gasteiger partial charge in [0, 0.05) is 42.9 Å². The zero-order valence-corrected chi connectivity index (χ0v) is 14.6. The van der Waals surface area contributed by atoms with Crippen LogP contribution in [0.2, 0.25) is 0 Å². The quantitative estimate of drug-likeness (QED) is 0.851. The molecule has 2 amide bonds. The highest BCUT2D eigenvalue weighted by Crippen LogP contribution is 2.21. The summed E-state index contributed by atoms with van der Waals surface area (Å²) in [5.74, 6) is -0.958. The van der Waals surface area contributed by atoms with Gasteiger partial charge in [0.1, 0.15) is 0 Å². The van der Waals surface area contributed by atoms with E-state index in [0.29, 0.717) is 11.6 Å². The zero-order valence-electron chi connectivity index (χ0n) is 14.6. The first-order chi connectivity index (χ1) is 11.3. The number of hydrogen-bond donors (Lipinski definition) is 2. The van der Waals surface area contributed by atoms with E-state index < -0.39 is 11.9 Å². The van der Waals surface area contributed by atoms with Crippen LogP contribution >= 0.6 is 0 Å². The van der Waals surface area contributed by atoms with Crippen LogP contribution in [-0.4, -0.2) is 40.2 Å². The second kappa shape index (κ2) is 7.38. The van der Waals surface area contributed by atoms with Crippen LogP contribution < -0.4 is 5.32 Å². The van der Waals surface area contributed by atoms with Crippen molar-refractivity contribution in [2.24, 2.45) is 11.8 Å². The lowest BCUT2D eigenvalue weighted by Crippen LogP contribution is -2.36. The number of hydrogen-bond acceptors (Lipinski definition) is 2. The highest BCUT2D eigenvalue weighted by molar-refractivity contribution is 5.93. The molecule has 0 fully saturated rings. The van der Waals surface area contributed by atoms with Crippen molar-refractivity contribution in [3.8, 4) is 0 Å². The fraction of sp³-hybridized carbons (Fsp3) is 0.444. The maximum atomic E-state index is 12.2. The van der Waals surface area contributed by atoms with Crippen molar-refractivity contribution in [3.63, 3.8) is 0 Å². The molecule has 6 nitrogen and oxygen atoms in total. The molecule has 2 aromatic rings. The summed E-state index contributed by atoms with van der Waals surface area (Å²) in [5, 5.41) is 12.8. The van der Waals surface area contributed by atoms with E-state index in [4.69, 9.17) is 5.11 Å². The first-order valence-corrected chi connectivity index (χ1v) is 8.11. The predicted octanol–water partition coefficient (Wildman–Crippen LogP) is 3.48. The maximum absolute atomic E-state index is 12.2. The van der Waals surface area contributed by atoms with Crippen molar-refractivity contribution >= 4 is 28.6 Å². The third-order valence-corrected chi connectivity index (χ3v) is 3.90. The number of nitrogens with zero attached hydrogens (tertiary/aromatic N) is 2. The number of aromatic nitrogens is 1. The third kappa shape index (κ3) is 4.28. The van der Waals surface area contributed by atoms with Gasteiger partial charge in [0.05, 0.1) is 5.92 Å². The van der Waals surface area contributed by atoms with E-state index in [1.165, 1.54) is 4.90 Å². The van der Waals surface area contributed by atoms with E-state index in [2.05, 4.69) is 29.9 Å². The number of anilines is 1. The van der Waals surface area contributed by atoms with Gasteiger partial charge in [-0.2, -0.15) is 0 Å². The number of carboxylic acids is 1. The number of carboxylic acid groups (broad SMARTS) is 1. The fourth-order valence-corrected chi connectivity index (χ4v) is 2.62. The molecule has 0 spiro atoms. The molecule has 1 aromatic heterocycles. The second-order valence-electron chi connectivity index (χ2n) is 6.69. The van der Waals surface area contributed by atoms with E-state index in [1.54, 1.807) is 14.0 Å². The van der Waals surface area contributed by atoms with Crippen molar-refractivity contribution in [2.45, 2.75) is 27.3 Å². The van der Waals surface area contributed by atoms with E-state index in [1.807, 2.05) is 24.3 Å². The van der Waals surface area contributed by atoms with Crippen molar-refractivity contribution in [1.82, 2.24) is 9.47 Å². The molecule has 1 unspecified atom stereocenters. The summed E-state index contributed by atoms with van der Waals surface area (Å²) in [5.41, 5.74) is 1.83. The normalized spacial score (nSPS) is 12.4. The van der Waals surface area contributed by atoms with E-state index in [0.717, 1.165) is 17.4 Å². The lowest BCUT2D eigenvalue weighted by Gasteiger charge is -2.20. The molecule has 0 aliphatic carbocycles. The van der Waals surface area contributed by atoms with Gasteiger partial charge in [-0.3, -0.25) is 4.79 Å². The van der Waals surface area contributed by atoms with Gasteiger partial charge < -0.3 is 19.9 Å². The smallest absolute Gasteiger partial charge is 0.321 e. The number of urea groups is 1. The summed E-state index contributed by atoms with van der Waals surface area (Å²) in [4.78, 5) is 24.4. The van der Waals surface area contributed by atoms with Crippen molar-refractivity contribution < 1.29 is 14.7 Å². The Hall–Kier alpha value is -2.50. The number of benzene rings is 1. The fourth-order valence-electron chi connectivity index (χ4n) is 2.62. The molecule has 2 rings (SSSR count). The summed E-state index contributed by atoms with van der Waals surface area (Å²) in [6.07, 6.45) is 2.05. The molecule has 0 radical (unpaired) electrons. The Kier molecular flexibility index (Phi) is 5.49. The Morgan fingerprint density at radius 3 is 2.58 bits per heavy atom. The first-order valence-electron chi connectivity index (χ1n) is 8.11. The molecule has 1 heterocycles. The molecule has 0 aliphatic heterocycles. The van der Waals surface area contributed by atoms with Crippen LogP contribution in [0.4, 0.5) is 10.5 Å². The molecule has 24 heavy (non-hydrogen) atoms. The summed E-state index contributed by atoms with van der Waals surface area (Å²) >= 11 is 0. The minimum absolute atomic E-state index is 0.161. The van der Waals surface area contributed by atoms with Crippen LogP contribution in [0.5, 0.6) is 0 Å². The number of amides is 2. The molecule has 0 saturated heterocycles. The Bertz CT molecular complexity index is 736. The van der Waals surface area contributed by atoms with E-state index in [-0.39, 0.29) is 12.6 Å². The average Bonchev–Trinajstić information content (AvgIpc) is 2.88. The van der Waals surface area contributed by atoms with Crippen LogP contribution in [0.15, 0.2) is 30.5 Å². The summed E-state index contributed by atoms with van der Waals surface area (Å²) in [6.45, 7) is 7.04. The lowest BCUT2D eigenvalue weighted by atomic mass is 10.2. The molecular weight excluding hydrogens is 306 g/mol. The van der Waals surface area contributed by atoms with Crippen LogP contribution in [0, 0.1) is 11.8 Å². The topological polar surface area (TPSA) is 74.6 Å².